The van der Waals surface area contributed by atoms with E-state index in [0.29, 0.717) is 12.5 Å². The lowest BCUT2D eigenvalue weighted by molar-refractivity contribution is -0.141. The third kappa shape index (κ3) is 3.80. The molecular weight excluding hydrogens is 365 g/mol. The molecule has 0 radical (unpaired) electrons. The molecule has 0 fully saturated rings. The first kappa shape index (κ1) is 18.6. The Morgan fingerprint density at radius 2 is 2.00 bits per heavy atom. The van der Waals surface area contributed by atoms with Crippen molar-refractivity contribution >= 4 is 17.7 Å². The average Bonchev–Trinajstić information content (AvgIpc) is 2.53. The molecule has 2 aromatic rings. The summed E-state index contributed by atoms with van der Waals surface area (Å²) in [6, 6.07) is 7.24. The maximum Gasteiger partial charge on any atom is 0.431 e. The van der Waals surface area contributed by atoms with Crippen LogP contribution >= 0.6 is 11.8 Å². The number of aromatic amines is 1. The fourth-order valence-corrected chi connectivity index (χ4v) is 4.27. The van der Waals surface area contributed by atoms with Gasteiger partial charge in [-0.1, -0.05) is 19.1 Å². The quantitative estimate of drug-likeness (QED) is 0.824. The predicted octanol–water partition coefficient (Wildman–Crippen LogP) is 4.06. The number of carbonyl (C=O) groups is 1. The third-order valence-electron chi connectivity index (χ3n) is 4.21. The molecule has 1 aliphatic rings. The average molecular weight is 382 g/mol. The largest absolute Gasteiger partial charge is 0.431 e. The Kier molecular flexibility index (Phi) is 4.88. The van der Waals surface area contributed by atoms with Crippen LogP contribution in [-0.2, 0) is 6.18 Å². The van der Waals surface area contributed by atoms with Gasteiger partial charge in [0.1, 0.15) is 11.3 Å². The third-order valence-corrected chi connectivity index (χ3v) is 5.41. The van der Waals surface area contributed by atoms with Crippen LogP contribution in [0.2, 0.25) is 0 Å². The molecule has 0 aliphatic carbocycles. The van der Waals surface area contributed by atoms with Crippen molar-refractivity contribution in [3.8, 4) is 0 Å². The molecule has 0 saturated carbocycles. The summed E-state index contributed by atoms with van der Waals surface area (Å²) in [4.78, 5) is 27.2. The minimum atomic E-state index is -4.67. The molecule has 138 valence electrons. The van der Waals surface area contributed by atoms with Crippen LogP contribution in [0.3, 0.4) is 0 Å². The number of aryl methyl sites for hydroxylation is 1. The number of aromatic nitrogens is 1. The number of carbonyl (C=O) groups excluding carboxylic acids is 1. The lowest BCUT2D eigenvalue weighted by Crippen LogP contribution is -2.35. The van der Waals surface area contributed by atoms with E-state index < -0.39 is 23.3 Å². The smallest absolute Gasteiger partial charge is 0.345 e. The standard InChI is InChI=1S/C18H17F3N2O2S/c1-9-3-4-11-13(8-10(2)26-14(11)7-9)22-16(24)12-5-6-15(18(19,20)21)23-17(12)25/h3-7,10,13H,8H2,1-2H3,(H,22,24)(H,23,25). The van der Waals surface area contributed by atoms with Gasteiger partial charge in [0.05, 0.1) is 6.04 Å². The number of pyridine rings is 1. The van der Waals surface area contributed by atoms with E-state index in [2.05, 4.69) is 5.32 Å². The van der Waals surface area contributed by atoms with Crippen LogP contribution in [0.5, 0.6) is 0 Å². The first-order valence-electron chi connectivity index (χ1n) is 8.03. The normalized spacial score (nSPS) is 19.7. The lowest BCUT2D eigenvalue weighted by atomic mass is 9.99. The van der Waals surface area contributed by atoms with Gasteiger partial charge in [0.25, 0.3) is 11.5 Å². The van der Waals surface area contributed by atoms with Crippen molar-refractivity contribution in [2.75, 3.05) is 0 Å². The number of H-pyrrole nitrogens is 1. The number of nitrogens with one attached hydrogen (secondary N) is 2. The lowest BCUT2D eigenvalue weighted by Gasteiger charge is -2.30. The van der Waals surface area contributed by atoms with Gasteiger partial charge in [-0.2, -0.15) is 13.2 Å². The molecule has 1 aliphatic heterocycles. The highest BCUT2D eigenvalue weighted by Crippen LogP contribution is 2.41. The molecule has 0 spiro atoms. The minimum Gasteiger partial charge on any atom is -0.345 e. The summed E-state index contributed by atoms with van der Waals surface area (Å²) in [6.45, 7) is 4.02. The van der Waals surface area contributed by atoms with E-state index in [9.17, 15) is 22.8 Å². The summed E-state index contributed by atoms with van der Waals surface area (Å²) in [5, 5.41) is 3.05. The molecule has 3 rings (SSSR count). The van der Waals surface area contributed by atoms with Gasteiger partial charge in [0.15, 0.2) is 0 Å². The number of hydrogen-bond donors (Lipinski definition) is 2. The number of thioether (sulfide) groups is 1. The SMILES string of the molecule is Cc1ccc2c(c1)SC(C)CC2NC(=O)c1ccc(C(F)(F)F)[nH]c1=O. The Labute approximate surface area is 152 Å². The molecule has 2 heterocycles. The summed E-state index contributed by atoms with van der Waals surface area (Å²) in [6.07, 6.45) is -3.99. The molecule has 0 saturated heterocycles. The van der Waals surface area contributed by atoms with Crippen molar-refractivity contribution in [2.45, 2.75) is 42.6 Å². The molecular formula is C18H17F3N2O2S. The number of halogens is 3. The van der Waals surface area contributed by atoms with Crippen LogP contribution in [0.15, 0.2) is 40.0 Å². The van der Waals surface area contributed by atoms with Crippen molar-refractivity contribution < 1.29 is 18.0 Å². The van der Waals surface area contributed by atoms with Gasteiger partial charge in [-0.25, -0.2) is 0 Å². The zero-order valence-corrected chi connectivity index (χ0v) is 14.9. The molecule has 26 heavy (non-hydrogen) atoms. The molecule has 1 amide bonds. The Morgan fingerprint density at radius 3 is 2.65 bits per heavy atom. The Hall–Kier alpha value is -2.22. The number of fused-ring (bicyclic) bond motifs is 1. The van der Waals surface area contributed by atoms with Crippen LogP contribution in [-0.4, -0.2) is 16.1 Å². The number of rotatable bonds is 2. The van der Waals surface area contributed by atoms with Crippen LogP contribution in [0.25, 0.3) is 0 Å². The van der Waals surface area contributed by atoms with E-state index in [-0.39, 0.29) is 16.9 Å². The van der Waals surface area contributed by atoms with Crippen LogP contribution in [0.1, 0.15) is 46.6 Å². The molecule has 0 bridgehead atoms. The van der Waals surface area contributed by atoms with E-state index in [1.54, 1.807) is 16.7 Å². The predicted molar refractivity (Wildman–Crippen MR) is 93.4 cm³/mol. The second-order valence-corrected chi connectivity index (χ2v) is 7.82. The maximum atomic E-state index is 12.6. The highest BCUT2D eigenvalue weighted by atomic mass is 32.2. The van der Waals surface area contributed by atoms with Crippen molar-refractivity contribution in [2.24, 2.45) is 0 Å². The van der Waals surface area contributed by atoms with Gasteiger partial charge >= 0.3 is 6.18 Å². The first-order chi connectivity index (χ1) is 12.1. The number of amides is 1. The van der Waals surface area contributed by atoms with Crippen LogP contribution in [0, 0.1) is 6.92 Å². The zero-order valence-electron chi connectivity index (χ0n) is 14.1. The highest BCUT2D eigenvalue weighted by molar-refractivity contribution is 8.00. The van der Waals surface area contributed by atoms with E-state index >= 15 is 0 Å². The summed E-state index contributed by atoms with van der Waals surface area (Å²) in [5.41, 5.74) is -0.509. The fourth-order valence-electron chi connectivity index (χ4n) is 2.95. The maximum absolute atomic E-state index is 12.6. The molecule has 1 aromatic carbocycles. The molecule has 4 nitrogen and oxygen atoms in total. The topological polar surface area (TPSA) is 62.0 Å². The van der Waals surface area contributed by atoms with Gasteiger partial charge in [-0.15, -0.1) is 11.8 Å². The summed E-state index contributed by atoms with van der Waals surface area (Å²) < 4.78 is 37.9. The van der Waals surface area contributed by atoms with E-state index in [4.69, 9.17) is 0 Å². The van der Waals surface area contributed by atoms with Gasteiger partial charge in [-0.05, 0) is 42.7 Å². The monoisotopic (exact) mass is 382 g/mol. The highest BCUT2D eigenvalue weighted by Gasteiger charge is 2.33. The van der Waals surface area contributed by atoms with Crippen LogP contribution in [0.4, 0.5) is 13.2 Å². The van der Waals surface area contributed by atoms with E-state index in [0.717, 1.165) is 22.1 Å². The molecule has 2 unspecified atom stereocenters. The van der Waals surface area contributed by atoms with Crippen molar-refractivity contribution in [3.05, 3.63) is 63.1 Å². The Morgan fingerprint density at radius 1 is 1.27 bits per heavy atom. The molecule has 8 heteroatoms. The van der Waals surface area contributed by atoms with Crippen molar-refractivity contribution in [3.63, 3.8) is 0 Å². The van der Waals surface area contributed by atoms with Crippen molar-refractivity contribution in [1.29, 1.82) is 0 Å². The number of alkyl halides is 3. The van der Waals surface area contributed by atoms with Crippen molar-refractivity contribution in [1.82, 2.24) is 10.3 Å². The van der Waals surface area contributed by atoms with Gasteiger partial charge in [0.2, 0.25) is 0 Å². The summed E-state index contributed by atoms with van der Waals surface area (Å²) in [7, 11) is 0. The van der Waals surface area contributed by atoms with Gasteiger partial charge in [-0.3, -0.25) is 9.59 Å². The molecule has 1 aromatic heterocycles. The number of hydrogen-bond acceptors (Lipinski definition) is 3. The zero-order chi connectivity index (χ0) is 19.1. The number of benzene rings is 1. The molecule has 2 atom stereocenters. The minimum absolute atomic E-state index is 0.264. The Balaban J connectivity index is 1.86. The van der Waals surface area contributed by atoms with Gasteiger partial charge < -0.3 is 10.3 Å². The fraction of sp³-hybridized carbons (Fsp3) is 0.333. The van der Waals surface area contributed by atoms with Crippen LogP contribution < -0.4 is 10.9 Å². The first-order valence-corrected chi connectivity index (χ1v) is 8.91. The van der Waals surface area contributed by atoms with Gasteiger partial charge in [0, 0.05) is 10.1 Å². The second-order valence-electron chi connectivity index (χ2n) is 6.34. The summed E-state index contributed by atoms with van der Waals surface area (Å²) in [5.74, 6) is -0.685. The van der Waals surface area contributed by atoms with E-state index in [1.807, 2.05) is 32.0 Å². The van der Waals surface area contributed by atoms with E-state index in [1.165, 1.54) is 0 Å². The molecule has 2 N–H and O–H groups in total. The second kappa shape index (κ2) is 6.83. The summed E-state index contributed by atoms with van der Waals surface area (Å²) >= 11 is 1.72. The Bertz CT molecular complexity index is 908.